The maximum atomic E-state index is 13.2. The molecule has 0 unspecified atom stereocenters. The normalized spacial score (nSPS) is 11.1. The van der Waals surface area contributed by atoms with Crippen molar-refractivity contribution in [1.29, 1.82) is 0 Å². The van der Waals surface area contributed by atoms with Crippen molar-refractivity contribution in [2.24, 2.45) is 0 Å². The lowest BCUT2D eigenvalue weighted by Crippen LogP contribution is -2.19. The zero-order valence-electron chi connectivity index (χ0n) is 19.1. The second-order valence-corrected chi connectivity index (χ2v) is 7.64. The van der Waals surface area contributed by atoms with Crippen molar-refractivity contribution in [3.63, 3.8) is 0 Å². The fraction of sp³-hybridized carbons (Fsp3) is 0.120. The molecule has 0 amide bonds. The lowest BCUT2D eigenvalue weighted by molar-refractivity contribution is 0.0818. The van der Waals surface area contributed by atoms with E-state index in [0.29, 0.717) is 17.1 Å². The largest absolute Gasteiger partial charge is 0.485 e. The van der Waals surface area contributed by atoms with Crippen molar-refractivity contribution in [3.05, 3.63) is 95.7 Å². The molecule has 0 aliphatic heterocycles. The topological polar surface area (TPSA) is 89.0 Å². The third kappa shape index (κ3) is 4.94. The van der Waals surface area contributed by atoms with E-state index in [4.69, 9.17) is 9.47 Å². The Morgan fingerprint density at radius 2 is 1.70 bits per heavy atom. The van der Waals surface area contributed by atoms with Gasteiger partial charge in [0.1, 0.15) is 18.0 Å². The van der Waals surface area contributed by atoms with Gasteiger partial charge in [0.15, 0.2) is 11.4 Å². The number of nitrogens with zero attached hydrogens (tertiary/aromatic N) is 6. The fourth-order valence-electron chi connectivity index (χ4n) is 3.70. The van der Waals surface area contributed by atoms with Crippen molar-refractivity contribution in [2.75, 3.05) is 13.5 Å². The Balaban J connectivity index is 1.67. The van der Waals surface area contributed by atoms with Crippen LogP contribution in [0.3, 0.4) is 0 Å². The highest BCUT2D eigenvalue weighted by Crippen LogP contribution is 2.28. The average molecular weight is 508 g/mol. The molecule has 0 fully saturated rings. The summed E-state index contributed by atoms with van der Waals surface area (Å²) in [6.07, 6.45) is 3.18. The summed E-state index contributed by atoms with van der Waals surface area (Å²) in [6.45, 7) is -2.14. The van der Waals surface area contributed by atoms with Crippen molar-refractivity contribution in [1.82, 2.24) is 29.3 Å². The molecule has 0 radical (unpaired) electrons. The summed E-state index contributed by atoms with van der Waals surface area (Å²) in [7, 11) is 0. The van der Waals surface area contributed by atoms with Crippen molar-refractivity contribution in [2.45, 2.75) is 6.43 Å². The molecule has 0 aliphatic carbocycles. The number of hydrogen-bond acceptors (Lipinski definition) is 6. The first-order chi connectivity index (χ1) is 18.0. The predicted molar refractivity (Wildman–Crippen MR) is 128 cm³/mol. The van der Waals surface area contributed by atoms with Crippen LogP contribution in [0.4, 0.5) is 13.2 Å². The molecule has 0 atom stereocenters. The molecule has 0 aliphatic rings. The van der Waals surface area contributed by atoms with E-state index in [-0.39, 0.29) is 22.9 Å². The first kappa shape index (κ1) is 23.9. The molecule has 0 bridgehead atoms. The molecule has 188 valence electrons. The molecule has 3 heterocycles. The van der Waals surface area contributed by atoms with Crippen molar-refractivity contribution in [3.8, 4) is 39.9 Å². The predicted octanol–water partition coefficient (Wildman–Crippen LogP) is 4.22. The van der Waals surface area contributed by atoms with Crippen molar-refractivity contribution < 1.29 is 22.6 Å². The van der Waals surface area contributed by atoms with Gasteiger partial charge in [-0.05, 0) is 36.4 Å². The zero-order valence-corrected chi connectivity index (χ0v) is 19.1. The molecule has 0 N–H and O–H groups in total. The number of para-hydroxylation sites is 1. The molecular formula is C25H19F3N6O3. The van der Waals surface area contributed by atoms with E-state index in [0.717, 1.165) is 0 Å². The molecule has 0 saturated carbocycles. The van der Waals surface area contributed by atoms with Gasteiger partial charge in [0.05, 0.1) is 29.5 Å². The summed E-state index contributed by atoms with van der Waals surface area (Å²) in [4.78, 5) is 13.2. The number of hydrogen-bond donors (Lipinski definition) is 0. The van der Waals surface area contributed by atoms with Crippen LogP contribution in [-0.4, -0.2) is 49.2 Å². The first-order valence-corrected chi connectivity index (χ1v) is 11.0. The van der Waals surface area contributed by atoms with Gasteiger partial charge in [-0.15, -0.1) is 0 Å². The van der Waals surface area contributed by atoms with Crippen LogP contribution in [0.1, 0.15) is 0 Å². The number of alkyl halides is 3. The van der Waals surface area contributed by atoms with Gasteiger partial charge in [-0.25, -0.2) is 27.2 Å². The van der Waals surface area contributed by atoms with E-state index >= 15 is 0 Å². The molecule has 5 aromatic rings. The van der Waals surface area contributed by atoms with E-state index < -0.39 is 25.3 Å². The Labute approximate surface area is 207 Å². The van der Waals surface area contributed by atoms with Gasteiger partial charge >= 0.3 is 0 Å². The number of aromatic nitrogens is 6. The van der Waals surface area contributed by atoms with E-state index in [1.807, 2.05) is 18.2 Å². The summed E-state index contributed by atoms with van der Waals surface area (Å²) < 4.78 is 53.8. The minimum atomic E-state index is -2.73. The molecule has 0 saturated heterocycles. The van der Waals surface area contributed by atoms with Gasteiger partial charge in [0.25, 0.3) is 11.9 Å². The second-order valence-electron chi connectivity index (χ2n) is 7.64. The third-order valence-electron chi connectivity index (χ3n) is 5.31. The molecule has 37 heavy (non-hydrogen) atoms. The summed E-state index contributed by atoms with van der Waals surface area (Å²) in [5.41, 5.74) is 0.973. The van der Waals surface area contributed by atoms with Gasteiger partial charge in [0, 0.05) is 18.5 Å². The molecular weight excluding hydrogens is 489 g/mol. The second kappa shape index (κ2) is 10.4. The Kier molecular flexibility index (Phi) is 6.70. The number of ether oxygens (including phenoxy) is 2. The molecule has 5 rings (SSSR count). The summed E-state index contributed by atoms with van der Waals surface area (Å²) in [5, 5.41) is 12.9. The van der Waals surface area contributed by atoms with Gasteiger partial charge in [-0.2, -0.15) is 15.3 Å². The third-order valence-corrected chi connectivity index (χ3v) is 5.31. The van der Waals surface area contributed by atoms with E-state index in [1.54, 1.807) is 48.8 Å². The van der Waals surface area contributed by atoms with Crippen LogP contribution in [0.2, 0.25) is 0 Å². The minimum absolute atomic E-state index is 0.0400. The maximum absolute atomic E-state index is 13.2. The van der Waals surface area contributed by atoms with E-state index in [1.165, 1.54) is 32.5 Å². The summed E-state index contributed by atoms with van der Waals surface area (Å²) >= 11 is 0. The molecule has 2 aromatic carbocycles. The highest BCUT2D eigenvalue weighted by molar-refractivity contribution is 5.60. The van der Waals surface area contributed by atoms with Crippen LogP contribution in [0.5, 0.6) is 11.5 Å². The van der Waals surface area contributed by atoms with Crippen LogP contribution < -0.4 is 14.9 Å². The number of benzene rings is 2. The van der Waals surface area contributed by atoms with Crippen LogP contribution in [0, 0.1) is 0 Å². The van der Waals surface area contributed by atoms with E-state index in [9.17, 15) is 18.0 Å². The van der Waals surface area contributed by atoms with Gasteiger partial charge in [-0.3, -0.25) is 4.79 Å². The Hall–Kier alpha value is -4.87. The van der Waals surface area contributed by atoms with Crippen LogP contribution >= 0.6 is 0 Å². The zero-order chi connectivity index (χ0) is 25.8. The van der Waals surface area contributed by atoms with Crippen molar-refractivity contribution >= 4 is 0 Å². The van der Waals surface area contributed by atoms with Crippen LogP contribution in [0.15, 0.2) is 90.2 Å². The smallest absolute Gasteiger partial charge is 0.272 e. The number of rotatable bonds is 9. The molecule has 0 spiro atoms. The standard InChI is InChI=1S/C25H19F3N6O3/c26-16-37-22-14-33(19-8-7-18(32-12-4-10-29-32)13-21(19)36-15-23(27)28)31-24(25(22)35)20-9-11-30-34(20)17-5-2-1-3-6-17/h1-14,23H,15-16H2. The SMILES string of the molecule is O=c1c(OCF)cn(-c2ccc(-n3cccn3)cc2OCC(F)F)nc1-c1ccnn1-c1ccccc1. The molecule has 3 aromatic heterocycles. The Morgan fingerprint density at radius 1 is 0.865 bits per heavy atom. The highest BCUT2D eigenvalue weighted by Gasteiger charge is 2.20. The van der Waals surface area contributed by atoms with Gasteiger partial charge < -0.3 is 9.47 Å². The van der Waals surface area contributed by atoms with Gasteiger partial charge in [-0.1, -0.05) is 18.2 Å². The average Bonchev–Trinajstić information content (AvgIpc) is 3.62. The molecule has 12 heteroatoms. The summed E-state index contributed by atoms with van der Waals surface area (Å²) in [6, 6.07) is 17.1. The fourth-order valence-corrected chi connectivity index (χ4v) is 3.70. The number of halogens is 3. The summed E-state index contributed by atoms with van der Waals surface area (Å²) in [5.74, 6) is -0.289. The Bertz CT molecular complexity index is 1550. The van der Waals surface area contributed by atoms with Gasteiger partial charge in [0.2, 0.25) is 6.86 Å². The monoisotopic (exact) mass is 508 g/mol. The molecule has 9 nitrogen and oxygen atoms in total. The lowest BCUT2D eigenvalue weighted by Gasteiger charge is -2.16. The first-order valence-electron chi connectivity index (χ1n) is 11.0. The van der Waals surface area contributed by atoms with Crippen LogP contribution in [0.25, 0.3) is 28.5 Å². The highest BCUT2D eigenvalue weighted by atomic mass is 19.3. The maximum Gasteiger partial charge on any atom is 0.272 e. The lowest BCUT2D eigenvalue weighted by atomic mass is 10.2. The Morgan fingerprint density at radius 3 is 2.43 bits per heavy atom. The quantitative estimate of drug-likeness (QED) is 0.296. The van der Waals surface area contributed by atoms with Crippen LogP contribution in [-0.2, 0) is 0 Å². The minimum Gasteiger partial charge on any atom is -0.485 e. The van der Waals surface area contributed by atoms with E-state index in [2.05, 4.69) is 15.3 Å².